The molecule has 0 unspecified atom stereocenters. The summed E-state index contributed by atoms with van der Waals surface area (Å²) in [5.74, 6) is 0.987. The van der Waals surface area contributed by atoms with Crippen molar-refractivity contribution < 1.29 is 18.7 Å². The van der Waals surface area contributed by atoms with Gasteiger partial charge in [-0.2, -0.15) is 0 Å². The number of aromatic nitrogens is 1. The van der Waals surface area contributed by atoms with Crippen molar-refractivity contribution in [3.05, 3.63) is 54.1 Å². The summed E-state index contributed by atoms with van der Waals surface area (Å²) >= 11 is 0. The first-order valence-electron chi connectivity index (χ1n) is 13.0. The van der Waals surface area contributed by atoms with Crippen LogP contribution in [0.15, 0.2) is 52.9 Å². The van der Waals surface area contributed by atoms with Gasteiger partial charge in [0.1, 0.15) is 5.52 Å². The number of oxazole rings is 1. The zero-order valence-corrected chi connectivity index (χ0v) is 20.7. The molecular weight excluding hydrogens is 456 g/mol. The van der Waals surface area contributed by atoms with E-state index in [1.807, 2.05) is 47.4 Å². The lowest BCUT2D eigenvalue weighted by molar-refractivity contribution is -0.122. The lowest BCUT2D eigenvalue weighted by Gasteiger charge is -2.32. The van der Waals surface area contributed by atoms with Crippen molar-refractivity contribution in [2.24, 2.45) is 5.92 Å². The highest BCUT2D eigenvalue weighted by Gasteiger charge is 2.25. The van der Waals surface area contributed by atoms with Gasteiger partial charge in [0.2, 0.25) is 11.8 Å². The van der Waals surface area contributed by atoms with Gasteiger partial charge in [0.25, 0.3) is 5.91 Å². The molecule has 0 radical (unpaired) electrons. The standard InChI is InChI=1S/C28H34N4O4/c33-26(29-11-4-12-31-15-17-35-18-16-31)19-21-9-13-32(14-10-21)28(34)23-7-8-24-25(20-23)36-27(30-24)22-5-2-1-3-6-22/h1-3,5-8,20-21H,4,9-19H2,(H,29,33). The van der Waals surface area contributed by atoms with Crippen molar-refractivity contribution in [2.75, 3.05) is 52.5 Å². The molecule has 0 saturated carbocycles. The quantitative estimate of drug-likeness (QED) is 0.486. The molecule has 8 nitrogen and oxygen atoms in total. The Morgan fingerprint density at radius 2 is 1.78 bits per heavy atom. The summed E-state index contributed by atoms with van der Waals surface area (Å²) in [5.41, 5.74) is 2.86. The summed E-state index contributed by atoms with van der Waals surface area (Å²) in [5, 5.41) is 3.07. The summed E-state index contributed by atoms with van der Waals surface area (Å²) in [6.07, 6.45) is 3.18. The second-order valence-electron chi connectivity index (χ2n) is 9.66. The molecule has 2 aromatic carbocycles. The predicted molar refractivity (Wildman–Crippen MR) is 138 cm³/mol. The van der Waals surface area contributed by atoms with Gasteiger partial charge in [-0.1, -0.05) is 18.2 Å². The molecule has 0 spiro atoms. The van der Waals surface area contributed by atoms with E-state index in [1.165, 1.54) is 0 Å². The predicted octanol–water partition coefficient (Wildman–Crippen LogP) is 3.58. The van der Waals surface area contributed by atoms with Crippen molar-refractivity contribution >= 4 is 22.9 Å². The Kier molecular flexibility index (Phi) is 7.93. The molecule has 2 amide bonds. The third kappa shape index (κ3) is 6.12. The molecule has 190 valence electrons. The van der Waals surface area contributed by atoms with Gasteiger partial charge in [-0.25, -0.2) is 4.98 Å². The SMILES string of the molecule is O=C(CC1CCN(C(=O)c2ccc3nc(-c4ccccc4)oc3c2)CC1)NCCCN1CCOCC1. The average Bonchev–Trinajstić information content (AvgIpc) is 3.36. The number of rotatable bonds is 8. The highest BCUT2D eigenvalue weighted by molar-refractivity contribution is 5.97. The number of likely N-dealkylation sites (tertiary alicyclic amines) is 1. The molecule has 0 bridgehead atoms. The second-order valence-corrected chi connectivity index (χ2v) is 9.66. The van der Waals surface area contributed by atoms with Gasteiger partial charge in [0.05, 0.1) is 13.2 Å². The lowest BCUT2D eigenvalue weighted by Crippen LogP contribution is -2.40. The van der Waals surface area contributed by atoms with Crippen molar-refractivity contribution in [3.8, 4) is 11.5 Å². The van der Waals surface area contributed by atoms with Crippen LogP contribution >= 0.6 is 0 Å². The molecule has 1 aromatic heterocycles. The third-order valence-electron chi connectivity index (χ3n) is 7.11. The first kappa shape index (κ1) is 24.5. The van der Waals surface area contributed by atoms with E-state index >= 15 is 0 Å². The summed E-state index contributed by atoms with van der Waals surface area (Å²) in [6.45, 7) is 6.60. The lowest BCUT2D eigenvalue weighted by atomic mass is 9.93. The molecule has 36 heavy (non-hydrogen) atoms. The Labute approximate surface area is 211 Å². The van der Waals surface area contributed by atoms with Crippen LogP contribution in [-0.2, 0) is 9.53 Å². The number of ether oxygens (including phenoxy) is 1. The van der Waals surface area contributed by atoms with Gasteiger partial charge in [-0.05, 0) is 62.1 Å². The third-order valence-corrected chi connectivity index (χ3v) is 7.11. The number of nitrogens with zero attached hydrogens (tertiary/aromatic N) is 3. The molecule has 0 atom stereocenters. The maximum absolute atomic E-state index is 13.1. The number of fused-ring (bicyclic) bond motifs is 1. The van der Waals surface area contributed by atoms with Gasteiger partial charge >= 0.3 is 0 Å². The highest BCUT2D eigenvalue weighted by atomic mass is 16.5. The van der Waals surface area contributed by atoms with Crippen LogP contribution in [0.1, 0.15) is 36.0 Å². The average molecular weight is 491 g/mol. The van der Waals surface area contributed by atoms with Crippen LogP contribution in [0.2, 0.25) is 0 Å². The number of hydrogen-bond acceptors (Lipinski definition) is 6. The Bertz CT molecular complexity index is 1160. The first-order valence-corrected chi connectivity index (χ1v) is 13.0. The van der Waals surface area contributed by atoms with E-state index in [4.69, 9.17) is 9.15 Å². The van der Waals surface area contributed by atoms with Crippen molar-refractivity contribution in [2.45, 2.75) is 25.7 Å². The Hall–Kier alpha value is -3.23. The van der Waals surface area contributed by atoms with Gasteiger partial charge in [0.15, 0.2) is 5.58 Å². The van der Waals surface area contributed by atoms with Gasteiger partial charge < -0.3 is 19.4 Å². The van der Waals surface area contributed by atoms with Crippen LogP contribution in [0.3, 0.4) is 0 Å². The summed E-state index contributed by atoms with van der Waals surface area (Å²) in [4.78, 5) is 34.3. The summed E-state index contributed by atoms with van der Waals surface area (Å²) < 4.78 is 11.3. The fourth-order valence-corrected chi connectivity index (χ4v) is 4.97. The topological polar surface area (TPSA) is 87.9 Å². The van der Waals surface area contributed by atoms with E-state index in [-0.39, 0.29) is 11.8 Å². The summed E-state index contributed by atoms with van der Waals surface area (Å²) in [7, 11) is 0. The number of hydrogen-bond donors (Lipinski definition) is 1. The zero-order chi connectivity index (χ0) is 24.7. The number of amides is 2. The van der Waals surface area contributed by atoms with Crippen molar-refractivity contribution in [3.63, 3.8) is 0 Å². The van der Waals surface area contributed by atoms with E-state index in [9.17, 15) is 9.59 Å². The summed E-state index contributed by atoms with van der Waals surface area (Å²) in [6, 6.07) is 15.2. The molecule has 2 saturated heterocycles. The number of morpholine rings is 1. The molecule has 2 fully saturated rings. The Balaban J connectivity index is 1.07. The number of nitrogens with one attached hydrogen (secondary N) is 1. The smallest absolute Gasteiger partial charge is 0.253 e. The van der Waals surface area contributed by atoms with Crippen LogP contribution in [0.25, 0.3) is 22.6 Å². The molecule has 1 N–H and O–H groups in total. The molecular formula is C28H34N4O4. The number of carbonyl (C=O) groups excluding carboxylic acids is 2. The normalized spacial score (nSPS) is 17.4. The van der Waals surface area contributed by atoms with Crippen LogP contribution in [0, 0.1) is 5.92 Å². The molecule has 5 rings (SSSR count). The molecule has 8 heteroatoms. The van der Waals surface area contributed by atoms with Gasteiger partial charge in [-0.3, -0.25) is 14.5 Å². The van der Waals surface area contributed by atoms with Crippen molar-refractivity contribution in [1.82, 2.24) is 20.1 Å². The highest BCUT2D eigenvalue weighted by Crippen LogP contribution is 2.26. The van der Waals surface area contributed by atoms with E-state index in [1.54, 1.807) is 6.07 Å². The molecule has 3 heterocycles. The number of benzene rings is 2. The number of piperidine rings is 1. The largest absolute Gasteiger partial charge is 0.436 e. The van der Waals surface area contributed by atoms with E-state index in [0.717, 1.165) is 63.2 Å². The van der Waals surface area contributed by atoms with E-state index in [0.29, 0.717) is 49.0 Å². The Morgan fingerprint density at radius 1 is 1.00 bits per heavy atom. The fourth-order valence-electron chi connectivity index (χ4n) is 4.97. The zero-order valence-electron chi connectivity index (χ0n) is 20.7. The monoisotopic (exact) mass is 490 g/mol. The molecule has 0 aliphatic carbocycles. The van der Waals surface area contributed by atoms with Gasteiger partial charge in [-0.15, -0.1) is 0 Å². The minimum Gasteiger partial charge on any atom is -0.436 e. The Morgan fingerprint density at radius 3 is 2.56 bits per heavy atom. The molecule has 2 aliphatic rings. The van der Waals surface area contributed by atoms with E-state index < -0.39 is 0 Å². The van der Waals surface area contributed by atoms with Crippen LogP contribution in [0.4, 0.5) is 0 Å². The van der Waals surface area contributed by atoms with Crippen LogP contribution < -0.4 is 5.32 Å². The van der Waals surface area contributed by atoms with Gasteiger partial charge in [0, 0.05) is 50.3 Å². The minimum atomic E-state index is 0.000533. The van der Waals surface area contributed by atoms with E-state index in [2.05, 4.69) is 15.2 Å². The molecule has 2 aliphatic heterocycles. The fraction of sp³-hybridized carbons (Fsp3) is 0.464. The molecule has 3 aromatic rings. The maximum Gasteiger partial charge on any atom is 0.253 e. The van der Waals surface area contributed by atoms with Crippen molar-refractivity contribution in [1.29, 1.82) is 0 Å². The minimum absolute atomic E-state index is 0.000533. The van der Waals surface area contributed by atoms with Crippen LogP contribution in [0.5, 0.6) is 0 Å². The maximum atomic E-state index is 13.1. The second kappa shape index (κ2) is 11.7. The first-order chi connectivity index (χ1) is 17.7. The number of carbonyl (C=O) groups is 2. The van der Waals surface area contributed by atoms with Crippen LogP contribution in [-0.4, -0.2) is 79.1 Å².